The number of carbonyl (C=O) groups excluding carboxylic acids is 3. The van der Waals surface area contributed by atoms with Gasteiger partial charge in [0.2, 0.25) is 5.91 Å². The maximum absolute atomic E-state index is 13.1. The molecule has 30 heavy (non-hydrogen) atoms. The highest BCUT2D eigenvalue weighted by Crippen LogP contribution is 2.25. The van der Waals surface area contributed by atoms with Crippen molar-refractivity contribution in [3.8, 4) is 6.07 Å². The number of nitrogens with one attached hydrogen (secondary N) is 1. The largest absolute Gasteiger partial charge is 0.450 e. The number of esters is 1. The third kappa shape index (κ3) is 6.91. The van der Waals surface area contributed by atoms with Gasteiger partial charge in [0.25, 0.3) is 0 Å². The molecule has 0 radical (unpaired) electrons. The van der Waals surface area contributed by atoms with Gasteiger partial charge in [0.05, 0.1) is 12.3 Å². The van der Waals surface area contributed by atoms with Crippen LogP contribution in [-0.2, 0) is 25.7 Å². The maximum atomic E-state index is 13.1. The first-order chi connectivity index (χ1) is 14.4. The van der Waals surface area contributed by atoms with Crippen LogP contribution in [-0.4, -0.2) is 31.1 Å². The topological polar surface area (TPSA) is 132 Å². The van der Waals surface area contributed by atoms with Crippen LogP contribution < -0.4 is 11.1 Å². The van der Waals surface area contributed by atoms with Crippen molar-refractivity contribution < 1.29 is 28.2 Å². The van der Waals surface area contributed by atoms with E-state index in [4.69, 9.17) is 15.7 Å². The quantitative estimate of drug-likeness (QED) is 0.606. The number of alkyl carbamates (subject to hydrolysis) is 1. The lowest BCUT2D eigenvalue weighted by Crippen LogP contribution is -2.27. The number of nitrogens with two attached hydrogens (primary N) is 1. The zero-order valence-electron chi connectivity index (χ0n) is 16.0. The van der Waals surface area contributed by atoms with Gasteiger partial charge < -0.3 is 20.5 Å². The summed E-state index contributed by atoms with van der Waals surface area (Å²) in [6.45, 7) is -0.347. The van der Waals surface area contributed by atoms with E-state index < -0.39 is 29.7 Å². The van der Waals surface area contributed by atoms with Crippen LogP contribution in [0.25, 0.3) is 0 Å². The first-order valence-corrected chi connectivity index (χ1v) is 8.97. The zero-order valence-corrected chi connectivity index (χ0v) is 16.0. The molecule has 0 spiro atoms. The summed E-state index contributed by atoms with van der Waals surface area (Å²) in [7, 11) is 0. The number of ether oxygens (including phenoxy) is 2. The van der Waals surface area contributed by atoms with Crippen LogP contribution in [0.3, 0.4) is 0 Å². The minimum atomic E-state index is -0.732. The van der Waals surface area contributed by atoms with Gasteiger partial charge in [-0.25, -0.2) is 9.18 Å². The fourth-order valence-electron chi connectivity index (χ4n) is 2.63. The molecule has 9 heteroatoms. The second-order valence-corrected chi connectivity index (χ2v) is 6.20. The molecule has 0 saturated heterocycles. The lowest BCUT2D eigenvalue weighted by atomic mass is 9.90. The van der Waals surface area contributed by atoms with Crippen LogP contribution in [0.5, 0.6) is 0 Å². The number of nitrogens with zero attached hydrogens (tertiary/aromatic N) is 1. The van der Waals surface area contributed by atoms with Gasteiger partial charge in [-0.15, -0.1) is 0 Å². The number of benzene rings is 2. The Morgan fingerprint density at radius 1 is 1.03 bits per heavy atom. The predicted octanol–water partition coefficient (Wildman–Crippen LogP) is 2.13. The molecular weight excluding hydrogens is 393 g/mol. The Morgan fingerprint density at radius 3 is 2.20 bits per heavy atom. The van der Waals surface area contributed by atoms with Crippen molar-refractivity contribution in [3.05, 3.63) is 71.0 Å². The van der Waals surface area contributed by atoms with Gasteiger partial charge in [-0.3, -0.25) is 9.59 Å². The van der Waals surface area contributed by atoms with Crippen molar-refractivity contribution in [2.75, 3.05) is 13.2 Å². The highest BCUT2D eigenvalue weighted by molar-refractivity contribution is 5.85. The summed E-state index contributed by atoms with van der Waals surface area (Å²) in [6.07, 6.45) is -0.794. The zero-order chi connectivity index (χ0) is 21.9. The van der Waals surface area contributed by atoms with Gasteiger partial charge in [0.1, 0.15) is 18.5 Å². The minimum Gasteiger partial charge on any atom is -0.450 e. The van der Waals surface area contributed by atoms with E-state index in [0.29, 0.717) is 16.7 Å². The van der Waals surface area contributed by atoms with Gasteiger partial charge >= 0.3 is 12.1 Å². The summed E-state index contributed by atoms with van der Waals surface area (Å²) < 4.78 is 22.7. The number of halogens is 1. The van der Waals surface area contributed by atoms with Gasteiger partial charge in [-0.1, -0.05) is 36.4 Å². The molecule has 0 bridgehead atoms. The molecule has 0 heterocycles. The molecule has 156 valence electrons. The average Bonchev–Trinajstić information content (AvgIpc) is 2.73. The molecule has 0 fully saturated rings. The summed E-state index contributed by atoms with van der Waals surface area (Å²) in [5, 5.41) is 10.7. The van der Waals surface area contributed by atoms with E-state index in [9.17, 15) is 18.8 Å². The SMILES string of the molecule is N#CCOC(=O)CCNC(=O)OCc1ccc(C(C(N)=O)c2ccc(F)cc2)cc1. The van der Waals surface area contributed by atoms with Crippen LogP contribution in [0, 0.1) is 17.1 Å². The van der Waals surface area contributed by atoms with Crippen LogP contribution in [0.2, 0.25) is 0 Å². The molecule has 0 aliphatic rings. The van der Waals surface area contributed by atoms with Crippen molar-refractivity contribution in [2.45, 2.75) is 18.9 Å². The minimum absolute atomic E-state index is 0.0139. The second-order valence-electron chi connectivity index (χ2n) is 6.20. The van der Waals surface area contributed by atoms with Crippen molar-refractivity contribution >= 4 is 18.0 Å². The van der Waals surface area contributed by atoms with Crippen LogP contribution in [0.15, 0.2) is 48.5 Å². The molecule has 1 unspecified atom stereocenters. The Bertz CT molecular complexity index is 923. The summed E-state index contributed by atoms with van der Waals surface area (Å²) in [6, 6.07) is 13.9. The lowest BCUT2D eigenvalue weighted by Gasteiger charge is -2.15. The van der Waals surface area contributed by atoms with Crippen molar-refractivity contribution in [1.29, 1.82) is 5.26 Å². The first kappa shape index (κ1) is 22.4. The number of primary amides is 1. The third-order valence-electron chi connectivity index (χ3n) is 4.07. The Balaban J connectivity index is 1.87. The highest BCUT2D eigenvalue weighted by Gasteiger charge is 2.20. The molecule has 0 aromatic heterocycles. The number of hydrogen-bond donors (Lipinski definition) is 2. The number of nitriles is 1. The normalized spacial score (nSPS) is 11.1. The van der Waals surface area contributed by atoms with Crippen LogP contribution >= 0.6 is 0 Å². The van der Waals surface area contributed by atoms with Gasteiger partial charge in [0.15, 0.2) is 6.61 Å². The van der Waals surface area contributed by atoms with E-state index in [1.807, 2.05) is 0 Å². The van der Waals surface area contributed by atoms with Crippen LogP contribution in [0.4, 0.5) is 9.18 Å². The van der Waals surface area contributed by atoms with Crippen molar-refractivity contribution in [2.24, 2.45) is 5.73 Å². The highest BCUT2D eigenvalue weighted by atomic mass is 19.1. The van der Waals surface area contributed by atoms with Crippen LogP contribution in [0.1, 0.15) is 29.0 Å². The van der Waals surface area contributed by atoms with E-state index in [1.165, 1.54) is 24.3 Å². The fraction of sp³-hybridized carbons (Fsp3) is 0.238. The van der Waals surface area contributed by atoms with E-state index >= 15 is 0 Å². The average molecular weight is 413 g/mol. The van der Waals surface area contributed by atoms with Gasteiger partial charge in [0, 0.05) is 6.54 Å². The molecule has 8 nitrogen and oxygen atoms in total. The Morgan fingerprint density at radius 2 is 1.63 bits per heavy atom. The summed E-state index contributed by atoms with van der Waals surface area (Å²) >= 11 is 0. The van der Waals surface area contributed by atoms with E-state index in [-0.39, 0.29) is 26.2 Å². The standard InChI is InChI=1S/C21H20FN3O5/c22-17-7-5-16(6-8-17)19(20(24)27)15-3-1-14(2-4-15)13-30-21(28)25-11-9-18(26)29-12-10-23/h1-8,19H,9,11-13H2,(H2,24,27)(H,25,28). The molecular formula is C21H20FN3O5. The Hall–Kier alpha value is -3.93. The van der Waals surface area contributed by atoms with Crippen molar-refractivity contribution in [1.82, 2.24) is 5.32 Å². The monoisotopic (exact) mass is 413 g/mol. The smallest absolute Gasteiger partial charge is 0.407 e. The molecule has 2 rings (SSSR count). The van der Waals surface area contributed by atoms with Gasteiger partial charge in [-0.2, -0.15) is 5.26 Å². The molecule has 3 N–H and O–H groups in total. The molecule has 0 aliphatic carbocycles. The predicted molar refractivity (Wildman–Crippen MR) is 103 cm³/mol. The van der Waals surface area contributed by atoms with Gasteiger partial charge in [-0.05, 0) is 28.8 Å². The summed E-state index contributed by atoms with van der Waals surface area (Å²) in [5.74, 6) is -2.31. The molecule has 0 saturated carbocycles. The number of carbonyl (C=O) groups is 3. The number of hydrogen-bond acceptors (Lipinski definition) is 6. The van der Waals surface area contributed by atoms with E-state index in [2.05, 4.69) is 10.1 Å². The Labute approximate surface area is 172 Å². The summed E-state index contributed by atoms with van der Waals surface area (Å²) in [4.78, 5) is 34.8. The molecule has 0 aliphatic heterocycles. The van der Waals surface area contributed by atoms with E-state index in [1.54, 1.807) is 30.3 Å². The lowest BCUT2D eigenvalue weighted by molar-refractivity contribution is -0.142. The third-order valence-corrected chi connectivity index (χ3v) is 4.07. The summed E-state index contributed by atoms with van der Waals surface area (Å²) in [5.41, 5.74) is 7.38. The molecule has 1 atom stereocenters. The molecule has 2 amide bonds. The molecule has 2 aromatic carbocycles. The Kier molecular flexibility index (Phi) is 8.32. The fourth-order valence-corrected chi connectivity index (χ4v) is 2.63. The van der Waals surface area contributed by atoms with E-state index in [0.717, 1.165) is 0 Å². The maximum Gasteiger partial charge on any atom is 0.407 e. The number of amides is 2. The van der Waals surface area contributed by atoms with Crippen molar-refractivity contribution in [3.63, 3.8) is 0 Å². The second kappa shape index (κ2) is 11.2. The molecule has 2 aromatic rings. The first-order valence-electron chi connectivity index (χ1n) is 8.97. The number of rotatable bonds is 9.